The number of benzene rings is 3. The molecule has 3 aromatic carbocycles. The Bertz CT molecular complexity index is 1010. The highest BCUT2D eigenvalue weighted by Gasteiger charge is 2.26. The molecule has 30 heavy (non-hydrogen) atoms. The molecule has 4 nitrogen and oxygen atoms in total. The number of carbonyl (C=O) groups excluding carboxylic acids is 1. The lowest BCUT2D eigenvalue weighted by Crippen LogP contribution is -2.42. The third kappa shape index (κ3) is 4.62. The minimum Gasteiger partial charge on any atom is -0.489 e. The van der Waals surface area contributed by atoms with Gasteiger partial charge in [0.1, 0.15) is 12.4 Å². The molecule has 0 aromatic heterocycles. The van der Waals surface area contributed by atoms with E-state index in [1.165, 1.54) is 11.1 Å². The highest BCUT2D eigenvalue weighted by Crippen LogP contribution is 2.26. The summed E-state index contributed by atoms with van der Waals surface area (Å²) in [7, 11) is 0. The minimum absolute atomic E-state index is 0.0279. The van der Waals surface area contributed by atoms with E-state index in [0.717, 1.165) is 11.1 Å². The van der Waals surface area contributed by atoms with Crippen molar-refractivity contribution in [3.05, 3.63) is 99.0 Å². The summed E-state index contributed by atoms with van der Waals surface area (Å²) in [6.07, 6.45) is 0.475. The number of ether oxygens (including phenoxy) is 1. The molecule has 154 valence electrons. The van der Waals surface area contributed by atoms with E-state index < -0.39 is 6.04 Å². The molecule has 2 N–H and O–H groups in total. The third-order valence-electron chi connectivity index (χ3n) is 5.29. The zero-order chi connectivity index (χ0) is 21.1. The Morgan fingerprint density at radius 2 is 1.53 bits per heavy atom. The molecule has 0 radical (unpaired) electrons. The Balaban J connectivity index is 1.33. The molecule has 1 amide bonds. The monoisotopic (exact) mass is 440 g/mol. The van der Waals surface area contributed by atoms with E-state index in [2.05, 4.69) is 12.1 Å². The molecule has 1 heterocycles. The molecule has 1 unspecified atom stereocenters. The second-order valence-electron chi connectivity index (χ2n) is 7.41. The molecule has 4 rings (SSSR count). The van der Waals surface area contributed by atoms with Gasteiger partial charge in [-0.2, -0.15) is 0 Å². The van der Waals surface area contributed by atoms with Crippen LogP contribution >= 0.6 is 23.2 Å². The second kappa shape index (κ2) is 9.09. The second-order valence-corrected chi connectivity index (χ2v) is 8.22. The Hall–Kier alpha value is -2.53. The standard InChI is InChI=1S/C24H22Cl2N2O2/c25-21-6-3-7-22(26)20(21)15-30-19-10-8-16(9-11-19)12-23(27)24(29)28-13-17-4-1-2-5-18(17)14-28/h1-11,23H,12-15,27H2. The van der Waals surface area contributed by atoms with Crippen molar-refractivity contribution in [3.63, 3.8) is 0 Å². The Morgan fingerprint density at radius 1 is 0.933 bits per heavy atom. The number of hydrogen-bond acceptors (Lipinski definition) is 3. The predicted octanol–water partition coefficient (Wildman–Crippen LogP) is 4.98. The zero-order valence-electron chi connectivity index (χ0n) is 16.4. The molecule has 1 aliphatic heterocycles. The first-order valence-corrected chi connectivity index (χ1v) is 10.5. The van der Waals surface area contributed by atoms with Gasteiger partial charge in [-0.25, -0.2) is 0 Å². The molecule has 0 aliphatic carbocycles. The first-order valence-electron chi connectivity index (χ1n) is 9.77. The van der Waals surface area contributed by atoms with Crippen LogP contribution in [0.4, 0.5) is 0 Å². The third-order valence-corrected chi connectivity index (χ3v) is 6.00. The van der Waals surface area contributed by atoms with E-state index in [4.69, 9.17) is 33.7 Å². The summed E-state index contributed by atoms with van der Waals surface area (Å²) in [5.74, 6) is 0.671. The maximum Gasteiger partial charge on any atom is 0.240 e. The molecule has 1 aliphatic rings. The summed E-state index contributed by atoms with van der Waals surface area (Å²) in [5, 5.41) is 1.15. The molecule has 0 saturated heterocycles. The van der Waals surface area contributed by atoms with Gasteiger partial charge in [-0.3, -0.25) is 4.79 Å². The van der Waals surface area contributed by atoms with Gasteiger partial charge in [0.25, 0.3) is 0 Å². The van der Waals surface area contributed by atoms with Crippen LogP contribution in [-0.4, -0.2) is 16.8 Å². The minimum atomic E-state index is -0.576. The van der Waals surface area contributed by atoms with Gasteiger partial charge >= 0.3 is 0 Å². The predicted molar refractivity (Wildman–Crippen MR) is 120 cm³/mol. The van der Waals surface area contributed by atoms with Gasteiger partial charge in [0, 0.05) is 28.7 Å². The van der Waals surface area contributed by atoms with Crippen molar-refractivity contribution in [2.75, 3.05) is 0 Å². The summed E-state index contributed by atoms with van der Waals surface area (Å²) < 4.78 is 5.80. The average Bonchev–Trinajstić information content (AvgIpc) is 3.18. The number of nitrogens with zero attached hydrogens (tertiary/aromatic N) is 1. The molecular weight excluding hydrogens is 419 g/mol. The highest BCUT2D eigenvalue weighted by molar-refractivity contribution is 6.35. The smallest absolute Gasteiger partial charge is 0.240 e. The van der Waals surface area contributed by atoms with Gasteiger partial charge in [-0.05, 0) is 47.4 Å². The summed E-state index contributed by atoms with van der Waals surface area (Å²) in [6.45, 7) is 1.53. The number of rotatable bonds is 6. The van der Waals surface area contributed by atoms with Gasteiger partial charge in [0.2, 0.25) is 5.91 Å². The number of nitrogens with two attached hydrogens (primary N) is 1. The lowest BCUT2D eigenvalue weighted by atomic mass is 10.1. The first-order chi connectivity index (χ1) is 14.5. The van der Waals surface area contributed by atoms with Gasteiger partial charge in [-0.1, -0.05) is 65.7 Å². The van der Waals surface area contributed by atoms with Crippen LogP contribution < -0.4 is 10.5 Å². The summed E-state index contributed by atoms with van der Waals surface area (Å²) in [6, 6.07) is 20.5. The number of hydrogen-bond donors (Lipinski definition) is 1. The van der Waals surface area contributed by atoms with Crippen molar-refractivity contribution in [1.82, 2.24) is 4.90 Å². The van der Waals surface area contributed by atoms with E-state index in [-0.39, 0.29) is 12.5 Å². The number of carbonyl (C=O) groups is 1. The topological polar surface area (TPSA) is 55.6 Å². The van der Waals surface area contributed by atoms with E-state index in [1.54, 1.807) is 18.2 Å². The quantitative estimate of drug-likeness (QED) is 0.587. The van der Waals surface area contributed by atoms with Gasteiger partial charge in [0.15, 0.2) is 0 Å². The number of amides is 1. The Labute approximate surface area is 186 Å². The molecular formula is C24H22Cl2N2O2. The fourth-order valence-corrected chi connectivity index (χ4v) is 4.12. The van der Waals surface area contributed by atoms with Gasteiger partial charge < -0.3 is 15.4 Å². The van der Waals surface area contributed by atoms with Crippen LogP contribution in [0.15, 0.2) is 66.7 Å². The molecule has 0 bridgehead atoms. The van der Waals surface area contributed by atoms with Crippen molar-refractivity contribution < 1.29 is 9.53 Å². The SMILES string of the molecule is NC(Cc1ccc(OCc2c(Cl)cccc2Cl)cc1)C(=O)N1Cc2ccccc2C1. The lowest BCUT2D eigenvalue weighted by Gasteiger charge is -2.20. The van der Waals surface area contributed by atoms with E-state index in [1.807, 2.05) is 41.3 Å². The average molecular weight is 441 g/mol. The van der Waals surface area contributed by atoms with Crippen molar-refractivity contribution >= 4 is 29.1 Å². The molecule has 6 heteroatoms. The largest absolute Gasteiger partial charge is 0.489 e. The van der Waals surface area contributed by atoms with Crippen molar-refractivity contribution in [2.45, 2.75) is 32.2 Å². The van der Waals surface area contributed by atoms with Crippen LogP contribution in [0.2, 0.25) is 10.0 Å². The van der Waals surface area contributed by atoms with Crippen LogP contribution in [0.1, 0.15) is 22.3 Å². The van der Waals surface area contributed by atoms with Gasteiger partial charge in [-0.15, -0.1) is 0 Å². The zero-order valence-corrected chi connectivity index (χ0v) is 17.9. The van der Waals surface area contributed by atoms with Crippen LogP contribution in [-0.2, 0) is 30.9 Å². The fraction of sp³-hybridized carbons (Fsp3) is 0.208. The van der Waals surface area contributed by atoms with Crippen molar-refractivity contribution in [2.24, 2.45) is 5.73 Å². The number of halogens is 2. The normalized spacial score (nSPS) is 13.8. The maximum atomic E-state index is 12.8. The molecule has 0 fully saturated rings. The van der Waals surface area contributed by atoms with E-state index in [0.29, 0.717) is 35.3 Å². The maximum absolute atomic E-state index is 12.8. The van der Waals surface area contributed by atoms with Crippen molar-refractivity contribution in [3.8, 4) is 5.75 Å². The molecule has 0 saturated carbocycles. The van der Waals surface area contributed by atoms with Gasteiger partial charge in [0.05, 0.1) is 6.04 Å². The highest BCUT2D eigenvalue weighted by atomic mass is 35.5. The summed E-state index contributed by atoms with van der Waals surface area (Å²) >= 11 is 12.4. The van der Waals surface area contributed by atoms with E-state index in [9.17, 15) is 4.79 Å². The van der Waals surface area contributed by atoms with Crippen LogP contribution in [0, 0.1) is 0 Å². The Morgan fingerprint density at radius 3 is 2.13 bits per heavy atom. The first kappa shape index (κ1) is 20.7. The molecule has 0 spiro atoms. The van der Waals surface area contributed by atoms with E-state index >= 15 is 0 Å². The summed E-state index contributed by atoms with van der Waals surface area (Å²) in [5.41, 5.74) is 10.3. The Kier molecular flexibility index (Phi) is 6.28. The van der Waals surface area contributed by atoms with Crippen LogP contribution in [0.3, 0.4) is 0 Å². The lowest BCUT2D eigenvalue weighted by molar-refractivity contribution is -0.133. The molecule has 1 atom stereocenters. The fourth-order valence-electron chi connectivity index (χ4n) is 3.61. The van der Waals surface area contributed by atoms with Crippen molar-refractivity contribution in [1.29, 1.82) is 0 Å². The number of fused-ring (bicyclic) bond motifs is 1. The van der Waals surface area contributed by atoms with Crippen LogP contribution in [0.25, 0.3) is 0 Å². The van der Waals surface area contributed by atoms with Crippen LogP contribution in [0.5, 0.6) is 5.75 Å². The summed E-state index contributed by atoms with van der Waals surface area (Å²) in [4.78, 5) is 14.6. The molecule has 3 aromatic rings.